The first-order chi connectivity index (χ1) is 15.0. The lowest BCUT2D eigenvalue weighted by molar-refractivity contribution is 0.246. The van der Waals surface area contributed by atoms with Crippen LogP contribution in [0.3, 0.4) is 0 Å². The van der Waals surface area contributed by atoms with Gasteiger partial charge in [0.15, 0.2) is 11.6 Å². The molecule has 6 heteroatoms. The van der Waals surface area contributed by atoms with Gasteiger partial charge in [-0.05, 0) is 48.4 Å². The van der Waals surface area contributed by atoms with Crippen molar-refractivity contribution in [1.82, 2.24) is 4.98 Å². The van der Waals surface area contributed by atoms with Crippen LogP contribution < -0.4 is 9.47 Å². The second-order valence-electron chi connectivity index (χ2n) is 7.89. The molecule has 1 aliphatic rings. The molecule has 5 nitrogen and oxygen atoms in total. The zero-order valence-corrected chi connectivity index (χ0v) is 17.1. The summed E-state index contributed by atoms with van der Waals surface area (Å²) in [6.07, 6.45) is 1.96. The highest BCUT2D eigenvalue weighted by molar-refractivity contribution is 5.85. The summed E-state index contributed by atoms with van der Waals surface area (Å²) in [5.74, 6) is 0.163. The Hall–Kier alpha value is -3.67. The van der Waals surface area contributed by atoms with Crippen LogP contribution in [0.1, 0.15) is 34.1 Å². The van der Waals surface area contributed by atoms with Crippen LogP contribution in [0.15, 0.2) is 54.7 Å². The fourth-order valence-corrected chi connectivity index (χ4v) is 4.58. The Balaban J connectivity index is 1.71. The number of methoxy groups -OCH3 is 1. The van der Waals surface area contributed by atoms with Gasteiger partial charge in [-0.3, -0.25) is 0 Å². The van der Waals surface area contributed by atoms with Crippen molar-refractivity contribution in [3.63, 3.8) is 0 Å². The lowest BCUT2D eigenvalue weighted by atomic mass is 9.75. The Kier molecular flexibility index (Phi) is 4.50. The summed E-state index contributed by atoms with van der Waals surface area (Å²) in [5, 5.41) is 20.9. The normalized spacial score (nSPS) is 17.9. The molecule has 0 radical (unpaired) electrons. The van der Waals surface area contributed by atoms with Crippen LogP contribution in [-0.2, 0) is 0 Å². The van der Waals surface area contributed by atoms with E-state index < -0.39 is 5.82 Å². The van der Waals surface area contributed by atoms with Gasteiger partial charge in [-0.25, -0.2) is 4.39 Å². The first-order valence-electron chi connectivity index (χ1n) is 10.1. The molecule has 3 N–H and O–H groups in total. The van der Waals surface area contributed by atoms with Crippen LogP contribution in [0.2, 0.25) is 0 Å². The Morgan fingerprint density at radius 3 is 2.61 bits per heavy atom. The molecule has 0 saturated heterocycles. The van der Waals surface area contributed by atoms with E-state index in [2.05, 4.69) is 4.98 Å². The third-order valence-corrected chi connectivity index (χ3v) is 6.20. The van der Waals surface area contributed by atoms with Crippen molar-refractivity contribution >= 4 is 10.9 Å². The van der Waals surface area contributed by atoms with Crippen molar-refractivity contribution < 1.29 is 24.1 Å². The molecule has 2 atom stereocenters. The standard InChI is InChI=1S/C25H22FNO4/c1-13-22(28)8-6-17-24(14-3-7-23(29)20(26)9-14)19(12-31-25(13)17)18-11-27-21-10-15(30-2)4-5-16(18)21/h3-11,19,24,27-29H,12H2,1-2H3. The minimum absolute atomic E-state index is 0.109. The zero-order chi connectivity index (χ0) is 21.7. The number of aromatic nitrogens is 1. The first kappa shape index (κ1) is 19.3. The molecule has 0 fully saturated rings. The van der Waals surface area contributed by atoms with Crippen molar-refractivity contribution in [2.75, 3.05) is 13.7 Å². The second-order valence-corrected chi connectivity index (χ2v) is 7.89. The van der Waals surface area contributed by atoms with Gasteiger partial charge >= 0.3 is 0 Å². The van der Waals surface area contributed by atoms with Crippen LogP contribution >= 0.6 is 0 Å². The van der Waals surface area contributed by atoms with Crippen molar-refractivity contribution in [2.45, 2.75) is 18.8 Å². The van der Waals surface area contributed by atoms with E-state index >= 15 is 0 Å². The molecule has 0 bridgehead atoms. The van der Waals surface area contributed by atoms with Gasteiger partial charge in [0.1, 0.15) is 17.2 Å². The number of phenolic OH excluding ortho intramolecular Hbond substituents is 2. The molecule has 2 heterocycles. The summed E-state index contributed by atoms with van der Waals surface area (Å²) >= 11 is 0. The monoisotopic (exact) mass is 419 g/mol. The van der Waals surface area contributed by atoms with Gasteiger partial charge in [-0.1, -0.05) is 12.1 Å². The van der Waals surface area contributed by atoms with E-state index in [0.29, 0.717) is 17.9 Å². The van der Waals surface area contributed by atoms with Gasteiger partial charge in [0.05, 0.1) is 13.7 Å². The lowest BCUT2D eigenvalue weighted by Gasteiger charge is -2.35. The zero-order valence-electron chi connectivity index (χ0n) is 17.1. The predicted molar refractivity (Wildman–Crippen MR) is 116 cm³/mol. The number of H-pyrrole nitrogens is 1. The predicted octanol–water partition coefficient (Wildman–Crippen LogP) is 5.34. The van der Waals surface area contributed by atoms with Crippen molar-refractivity contribution in [1.29, 1.82) is 0 Å². The van der Waals surface area contributed by atoms with E-state index in [9.17, 15) is 14.6 Å². The van der Waals surface area contributed by atoms with Gasteiger partial charge in [0, 0.05) is 46.1 Å². The molecule has 1 aromatic heterocycles. The smallest absolute Gasteiger partial charge is 0.165 e. The fourth-order valence-electron chi connectivity index (χ4n) is 4.58. The van der Waals surface area contributed by atoms with Crippen molar-refractivity contribution in [3.05, 3.63) is 82.8 Å². The Bertz CT molecular complexity index is 1300. The second kappa shape index (κ2) is 7.23. The molecule has 0 aliphatic carbocycles. The van der Waals surface area contributed by atoms with E-state index in [1.165, 1.54) is 12.1 Å². The maximum Gasteiger partial charge on any atom is 0.165 e. The van der Waals surface area contributed by atoms with Gasteiger partial charge in [-0.2, -0.15) is 0 Å². The number of aromatic hydroxyl groups is 2. The van der Waals surface area contributed by atoms with Crippen molar-refractivity contribution in [2.24, 2.45) is 0 Å². The maximum atomic E-state index is 14.3. The number of fused-ring (bicyclic) bond motifs is 2. The van der Waals surface area contributed by atoms with Crippen LogP contribution in [-0.4, -0.2) is 28.9 Å². The highest BCUT2D eigenvalue weighted by Gasteiger charge is 2.36. The molecular weight excluding hydrogens is 397 g/mol. The van der Waals surface area contributed by atoms with Gasteiger partial charge in [0.25, 0.3) is 0 Å². The largest absolute Gasteiger partial charge is 0.508 e. The summed E-state index contributed by atoms with van der Waals surface area (Å²) in [7, 11) is 1.63. The summed E-state index contributed by atoms with van der Waals surface area (Å²) in [6, 6.07) is 13.8. The number of phenols is 2. The molecule has 1 aliphatic heterocycles. The number of hydrogen-bond acceptors (Lipinski definition) is 4. The number of hydrogen-bond donors (Lipinski definition) is 3. The number of halogens is 1. The number of ether oxygens (including phenoxy) is 2. The van der Waals surface area contributed by atoms with E-state index in [0.717, 1.165) is 33.3 Å². The Labute approximate surface area is 178 Å². The van der Waals surface area contributed by atoms with E-state index in [-0.39, 0.29) is 23.3 Å². The third kappa shape index (κ3) is 3.06. The Morgan fingerprint density at radius 1 is 1.03 bits per heavy atom. The quantitative estimate of drug-likeness (QED) is 0.419. The van der Waals surface area contributed by atoms with Gasteiger partial charge in [0.2, 0.25) is 0 Å². The maximum absolute atomic E-state index is 14.3. The highest BCUT2D eigenvalue weighted by atomic mass is 19.1. The van der Waals surface area contributed by atoms with Gasteiger partial charge in [-0.15, -0.1) is 0 Å². The highest BCUT2D eigenvalue weighted by Crippen LogP contribution is 2.50. The molecule has 2 unspecified atom stereocenters. The fraction of sp³-hybridized carbons (Fsp3) is 0.200. The molecule has 158 valence electrons. The number of aromatic amines is 1. The summed E-state index contributed by atoms with van der Waals surface area (Å²) in [6.45, 7) is 2.17. The van der Waals surface area contributed by atoms with E-state index in [1.807, 2.05) is 30.5 Å². The van der Waals surface area contributed by atoms with Crippen LogP contribution in [0.4, 0.5) is 4.39 Å². The summed E-state index contributed by atoms with van der Waals surface area (Å²) in [4.78, 5) is 3.31. The number of nitrogens with one attached hydrogen (secondary N) is 1. The molecular formula is C25H22FNO4. The molecule has 4 aromatic rings. The molecule has 5 rings (SSSR count). The summed E-state index contributed by atoms with van der Waals surface area (Å²) < 4.78 is 25.8. The van der Waals surface area contributed by atoms with E-state index in [4.69, 9.17) is 9.47 Å². The Morgan fingerprint density at radius 2 is 1.84 bits per heavy atom. The van der Waals surface area contributed by atoms with Crippen LogP contribution in [0.5, 0.6) is 23.0 Å². The van der Waals surface area contributed by atoms with Crippen LogP contribution in [0, 0.1) is 12.7 Å². The van der Waals surface area contributed by atoms with Gasteiger partial charge < -0.3 is 24.7 Å². The molecule has 0 saturated carbocycles. The summed E-state index contributed by atoms with van der Waals surface area (Å²) in [5.41, 5.74) is 4.26. The topological polar surface area (TPSA) is 74.7 Å². The average molecular weight is 419 g/mol. The van der Waals surface area contributed by atoms with Crippen molar-refractivity contribution in [3.8, 4) is 23.0 Å². The van der Waals surface area contributed by atoms with E-state index in [1.54, 1.807) is 26.2 Å². The SMILES string of the molecule is COc1ccc2c(C3COc4c(ccc(O)c4C)C3c3ccc(O)c(F)c3)c[nH]c2c1. The minimum atomic E-state index is -0.663. The molecule has 0 spiro atoms. The molecule has 0 amide bonds. The van der Waals surface area contributed by atoms with Crippen LogP contribution in [0.25, 0.3) is 10.9 Å². The number of benzene rings is 3. The average Bonchev–Trinajstić information content (AvgIpc) is 3.20. The molecule has 31 heavy (non-hydrogen) atoms. The third-order valence-electron chi connectivity index (χ3n) is 6.20. The first-order valence-corrected chi connectivity index (χ1v) is 10.1. The number of rotatable bonds is 3. The lowest BCUT2D eigenvalue weighted by Crippen LogP contribution is -2.25. The minimum Gasteiger partial charge on any atom is -0.508 e. The molecule has 3 aromatic carbocycles.